The second kappa shape index (κ2) is 17.4. The number of halogens is 2. The molecule has 0 amide bonds. The van der Waals surface area contributed by atoms with Gasteiger partial charge in [0.1, 0.15) is 0 Å². The van der Waals surface area contributed by atoms with Crippen LogP contribution in [0.1, 0.15) is 11.1 Å². The molecule has 0 saturated heterocycles. The normalized spacial score (nSPS) is 9.18. The van der Waals surface area contributed by atoms with Crippen molar-refractivity contribution in [3.63, 3.8) is 0 Å². The quantitative estimate of drug-likeness (QED) is 0.132. The Kier molecular flexibility index (Phi) is 16.4. The first-order valence-corrected chi connectivity index (χ1v) is 15.6. The van der Waals surface area contributed by atoms with Crippen LogP contribution in [0.25, 0.3) is 43.8 Å². The maximum atomic E-state index is 3.06. The Hall–Kier alpha value is -2.22. The summed E-state index contributed by atoms with van der Waals surface area (Å²) in [7, 11) is 0. The van der Waals surface area contributed by atoms with Gasteiger partial charge in [0, 0.05) is 0 Å². The van der Waals surface area contributed by atoms with E-state index in [0.717, 1.165) is 0 Å². The summed E-state index contributed by atoms with van der Waals surface area (Å²) >= 11 is 1.36. The molecule has 0 heterocycles. The molecule has 4 heteroatoms. The van der Waals surface area contributed by atoms with Crippen molar-refractivity contribution in [2.45, 2.75) is 13.8 Å². The van der Waals surface area contributed by atoms with Gasteiger partial charge in [0.25, 0.3) is 0 Å². The zero-order valence-electron chi connectivity index (χ0n) is 22.4. The topological polar surface area (TPSA) is 0 Å². The molecule has 0 atom stereocenters. The number of hydrogen-bond donors (Lipinski definition) is 0. The van der Waals surface area contributed by atoms with Gasteiger partial charge in [-0.25, -0.2) is 0 Å². The van der Waals surface area contributed by atoms with Gasteiger partial charge in [0.2, 0.25) is 0 Å². The third-order valence-corrected chi connectivity index (χ3v) is 6.15. The molecule has 38 heavy (non-hydrogen) atoms. The van der Waals surface area contributed by atoms with Crippen molar-refractivity contribution < 1.29 is 23.3 Å². The average molecular weight is 633 g/mol. The molecule has 0 spiro atoms. The first kappa shape index (κ1) is 35.8. The molecule has 6 aromatic carbocycles. The van der Waals surface area contributed by atoms with Gasteiger partial charge in [-0.3, -0.25) is 0 Å². The summed E-state index contributed by atoms with van der Waals surface area (Å²) in [4.78, 5) is 0. The summed E-state index contributed by atoms with van der Waals surface area (Å²) in [5.74, 6) is 0. The van der Waals surface area contributed by atoms with Crippen LogP contribution < -0.4 is 0 Å². The third kappa shape index (κ3) is 8.39. The number of hydrogen-bond acceptors (Lipinski definition) is 0. The fourth-order valence-corrected chi connectivity index (χ4v) is 4.41. The van der Waals surface area contributed by atoms with E-state index in [9.17, 15) is 0 Å². The third-order valence-electron chi connectivity index (χ3n) is 6.15. The van der Waals surface area contributed by atoms with Crippen molar-refractivity contribution in [1.82, 2.24) is 0 Å². The Morgan fingerprint density at radius 2 is 0.816 bits per heavy atom. The van der Waals surface area contributed by atoms with E-state index in [1.54, 1.807) is 0 Å². The van der Waals surface area contributed by atoms with Crippen molar-refractivity contribution in [2.24, 2.45) is 0 Å². The SMILES string of the molecule is Cc1ccccc1-c1cc2ccccc2[cH-]1.Cc1ccccc1-c1cc2ccccc2[cH-]1.Cl.Cl.[CH3-].[CH3-].[Si]=[Zr]. The van der Waals surface area contributed by atoms with E-state index in [1.165, 1.54) is 78.3 Å². The van der Waals surface area contributed by atoms with Gasteiger partial charge in [-0.1, -0.05) is 107 Å². The Morgan fingerprint density at radius 1 is 0.500 bits per heavy atom. The molecule has 0 fully saturated rings. The first-order valence-electron chi connectivity index (χ1n) is 11.4. The van der Waals surface area contributed by atoms with E-state index in [2.05, 4.69) is 142 Å². The predicted octanol–water partition coefficient (Wildman–Crippen LogP) is 10.4. The molecule has 0 aliphatic rings. The van der Waals surface area contributed by atoms with Crippen LogP contribution in [0.5, 0.6) is 0 Å². The van der Waals surface area contributed by atoms with Crippen molar-refractivity contribution in [1.29, 1.82) is 0 Å². The summed E-state index contributed by atoms with van der Waals surface area (Å²) in [6.07, 6.45) is 0. The summed E-state index contributed by atoms with van der Waals surface area (Å²) < 4.78 is 0. The van der Waals surface area contributed by atoms with Crippen molar-refractivity contribution in [2.75, 3.05) is 0 Å². The minimum absolute atomic E-state index is 0. The Morgan fingerprint density at radius 3 is 1.16 bits per heavy atom. The molecule has 0 aliphatic carbocycles. The van der Waals surface area contributed by atoms with E-state index in [4.69, 9.17) is 0 Å². The summed E-state index contributed by atoms with van der Waals surface area (Å²) in [6.45, 7) is 7.38. The Labute approximate surface area is 258 Å². The molecule has 0 aliphatic heterocycles. The summed E-state index contributed by atoms with van der Waals surface area (Å²) in [5, 5.41) is 5.28. The molecule has 0 bridgehead atoms. The van der Waals surface area contributed by atoms with E-state index in [0.29, 0.717) is 0 Å². The summed E-state index contributed by atoms with van der Waals surface area (Å²) in [5.41, 5.74) is 7.96. The van der Waals surface area contributed by atoms with Gasteiger partial charge in [-0.15, -0.1) is 93.9 Å². The van der Waals surface area contributed by atoms with Crippen LogP contribution in [0, 0.1) is 28.7 Å². The zero-order chi connectivity index (χ0) is 23.9. The molecule has 0 saturated carbocycles. The van der Waals surface area contributed by atoms with Crippen LogP contribution in [0.2, 0.25) is 0 Å². The molecule has 6 aromatic rings. The fourth-order valence-electron chi connectivity index (χ4n) is 4.41. The van der Waals surface area contributed by atoms with E-state index >= 15 is 0 Å². The first-order chi connectivity index (χ1) is 16.7. The van der Waals surface area contributed by atoms with Gasteiger partial charge in [-0.2, -0.15) is 0 Å². The fraction of sp³-hybridized carbons (Fsp3) is 0.0588. The van der Waals surface area contributed by atoms with Crippen molar-refractivity contribution in [3.8, 4) is 22.3 Å². The standard InChI is InChI=1S/2C16H13.2CH3.2ClH.Si.Zr/c2*1-12-6-2-5-9-16(12)15-10-13-7-3-4-8-14(13)11-15;;;;;;/h2*2-11H,1H3;2*1H3;2*1H;;/q4*-1;;;;. The van der Waals surface area contributed by atoms with Crippen LogP contribution in [-0.4, -0.2) is 6.88 Å². The van der Waals surface area contributed by atoms with Crippen LogP contribution >= 0.6 is 24.8 Å². The van der Waals surface area contributed by atoms with Gasteiger partial charge in [-0.05, 0) is 13.8 Å². The number of rotatable bonds is 2. The predicted molar refractivity (Wildman–Crippen MR) is 173 cm³/mol. The van der Waals surface area contributed by atoms with Crippen LogP contribution in [0.4, 0.5) is 0 Å². The monoisotopic (exact) mass is 630 g/mol. The molecule has 0 unspecified atom stereocenters. The molecule has 6 rings (SSSR count). The molecular formula is C34H34Cl2SiZr-4. The van der Waals surface area contributed by atoms with Gasteiger partial charge >= 0.3 is 30.2 Å². The van der Waals surface area contributed by atoms with Crippen LogP contribution in [-0.2, 0) is 23.3 Å². The molecule has 196 valence electrons. The van der Waals surface area contributed by atoms with Crippen molar-refractivity contribution in [3.05, 3.63) is 147 Å². The van der Waals surface area contributed by atoms with E-state index in [-0.39, 0.29) is 39.7 Å². The average Bonchev–Trinajstić information content (AvgIpc) is 3.50. The Balaban J connectivity index is 0.000000616. The number of benzene rings is 4. The van der Waals surface area contributed by atoms with Gasteiger partial charge in [0.05, 0.1) is 0 Å². The van der Waals surface area contributed by atoms with Gasteiger partial charge in [0.15, 0.2) is 0 Å². The summed E-state index contributed by atoms with van der Waals surface area (Å²) in [6, 6.07) is 43.1. The Bertz CT molecular complexity index is 1350. The van der Waals surface area contributed by atoms with Crippen LogP contribution in [0.15, 0.2) is 121 Å². The molecular weight excluding hydrogens is 599 g/mol. The second-order valence-corrected chi connectivity index (χ2v) is 8.38. The molecule has 0 nitrogen and oxygen atoms in total. The minimum atomic E-state index is 0. The number of aryl methyl sites for hydroxylation is 2. The maximum absolute atomic E-state index is 3.06. The van der Waals surface area contributed by atoms with Gasteiger partial charge < -0.3 is 14.9 Å². The zero-order valence-corrected chi connectivity index (χ0v) is 27.5. The van der Waals surface area contributed by atoms with E-state index in [1.807, 2.05) is 0 Å². The second-order valence-electron chi connectivity index (χ2n) is 8.38. The molecule has 0 aromatic heterocycles. The number of fused-ring (bicyclic) bond motifs is 2. The molecule has 2 radical (unpaired) electrons. The molecule has 0 N–H and O–H groups in total. The van der Waals surface area contributed by atoms with Crippen LogP contribution in [0.3, 0.4) is 0 Å². The van der Waals surface area contributed by atoms with Crippen molar-refractivity contribution >= 4 is 53.2 Å². The van der Waals surface area contributed by atoms with E-state index < -0.39 is 0 Å².